The van der Waals surface area contributed by atoms with Gasteiger partial charge in [-0.25, -0.2) is 0 Å². The Balaban J connectivity index is 3.69. The molecule has 0 aromatic carbocycles. The van der Waals surface area contributed by atoms with Crippen LogP contribution in [-0.4, -0.2) is 18.9 Å². The normalized spacial score (nSPS) is 15.4. The minimum Gasteiger partial charge on any atom is -0.328 e. The second-order valence-corrected chi connectivity index (χ2v) is 6.72. The zero-order valence-electron chi connectivity index (χ0n) is 9.92. The molecule has 1 atom stereocenters. The summed E-state index contributed by atoms with van der Waals surface area (Å²) in [6.45, 7) is 6.86. The first-order valence-corrected chi connectivity index (χ1v) is 7.90. The molecular weight excluding hydrogens is 195 g/mol. The van der Waals surface area contributed by atoms with Gasteiger partial charge in [-0.05, 0) is 12.8 Å². The topological polar surface area (TPSA) is 26.3 Å². The zero-order chi connectivity index (χ0) is 10.9. The van der Waals surface area contributed by atoms with Crippen LogP contribution in [0.2, 0.25) is 0 Å². The van der Waals surface area contributed by atoms with Gasteiger partial charge in [0.25, 0.3) is 0 Å². The van der Waals surface area contributed by atoms with Gasteiger partial charge >= 0.3 is 0 Å². The van der Waals surface area contributed by atoms with Gasteiger partial charge < -0.3 is 4.52 Å². The van der Waals surface area contributed by atoms with E-state index in [0.717, 1.165) is 19.0 Å². The smallest absolute Gasteiger partial charge is 0.202 e. The molecule has 0 saturated heterocycles. The van der Waals surface area contributed by atoms with Crippen LogP contribution in [0.3, 0.4) is 0 Å². The number of rotatable bonds is 9. The number of unbranched alkanes of at least 4 members (excludes halogenated alkanes) is 3. The highest BCUT2D eigenvalue weighted by molar-refractivity contribution is 7.58. The van der Waals surface area contributed by atoms with Crippen molar-refractivity contribution in [3.8, 4) is 0 Å². The quantitative estimate of drug-likeness (QED) is 0.428. The molecule has 0 spiro atoms. The van der Waals surface area contributed by atoms with Crippen molar-refractivity contribution in [2.24, 2.45) is 0 Å². The molecule has 1 unspecified atom stereocenters. The predicted molar refractivity (Wildman–Crippen MR) is 63.4 cm³/mol. The number of hydrogen-bond donors (Lipinski definition) is 0. The van der Waals surface area contributed by atoms with Crippen molar-refractivity contribution < 1.29 is 9.09 Å². The fourth-order valence-electron chi connectivity index (χ4n) is 1.35. The minimum absolute atomic E-state index is 0.652. The fourth-order valence-corrected chi connectivity index (χ4v) is 3.20. The highest BCUT2D eigenvalue weighted by Crippen LogP contribution is 2.47. The lowest BCUT2D eigenvalue weighted by atomic mass is 10.2. The molecule has 0 heterocycles. The molecule has 0 saturated carbocycles. The van der Waals surface area contributed by atoms with Crippen molar-refractivity contribution in [3.05, 3.63) is 0 Å². The summed E-state index contributed by atoms with van der Waals surface area (Å²) in [4.78, 5) is 0. The summed E-state index contributed by atoms with van der Waals surface area (Å²) in [6, 6.07) is 0. The van der Waals surface area contributed by atoms with Crippen LogP contribution in [0, 0.1) is 0 Å². The highest BCUT2D eigenvalue weighted by Gasteiger charge is 2.18. The summed E-state index contributed by atoms with van der Waals surface area (Å²) in [6.07, 6.45) is 7.16. The van der Waals surface area contributed by atoms with Crippen LogP contribution in [0.5, 0.6) is 0 Å². The molecule has 14 heavy (non-hydrogen) atoms. The number of hydrogen-bond acceptors (Lipinski definition) is 2. The zero-order valence-corrected chi connectivity index (χ0v) is 10.8. The average Bonchev–Trinajstić information content (AvgIpc) is 2.22. The van der Waals surface area contributed by atoms with Crippen LogP contribution in [0.15, 0.2) is 0 Å². The molecule has 0 aromatic heterocycles. The molecule has 0 bridgehead atoms. The second-order valence-electron chi connectivity index (χ2n) is 3.75. The average molecular weight is 220 g/mol. The third kappa shape index (κ3) is 6.62. The van der Waals surface area contributed by atoms with Gasteiger partial charge in [0.15, 0.2) is 0 Å². The first-order valence-electron chi connectivity index (χ1n) is 5.91. The monoisotopic (exact) mass is 220 g/mol. The third-order valence-corrected chi connectivity index (χ3v) is 4.98. The van der Waals surface area contributed by atoms with Crippen molar-refractivity contribution in [2.45, 2.75) is 52.9 Å². The van der Waals surface area contributed by atoms with Gasteiger partial charge in [-0.2, -0.15) is 0 Å². The molecule has 0 aromatic rings. The minimum atomic E-state index is -2.26. The van der Waals surface area contributed by atoms with E-state index in [1.807, 2.05) is 6.92 Å². The lowest BCUT2D eigenvalue weighted by Gasteiger charge is -2.16. The lowest BCUT2D eigenvalue weighted by molar-refractivity contribution is 0.313. The van der Waals surface area contributed by atoms with Gasteiger partial charge in [0.1, 0.15) is 0 Å². The van der Waals surface area contributed by atoms with Gasteiger partial charge in [0.2, 0.25) is 7.37 Å². The summed E-state index contributed by atoms with van der Waals surface area (Å²) < 4.78 is 17.5. The fraction of sp³-hybridized carbons (Fsp3) is 1.00. The molecule has 0 radical (unpaired) electrons. The van der Waals surface area contributed by atoms with E-state index in [1.165, 1.54) is 19.3 Å². The molecule has 2 nitrogen and oxygen atoms in total. The van der Waals surface area contributed by atoms with Crippen molar-refractivity contribution >= 4 is 7.37 Å². The maximum atomic E-state index is 12.1. The van der Waals surface area contributed by atoms with E-state index >= 15 is 0 Å². The van der Waals surface area contributed by atoms with Crippen LogP contribution in [0.25, 0.3) is 0 Å². The second kappa shape index (κ2) is 8.49. The molecular formula is C11H25O2P. The Bertz CT molecular complexity index is 169. The molecule has 3 heteroatoms. The molecule has 0 aliphatic heterocycles. The summed E-state index contributed by atoms with van der Waals surface area (Å²) in [7, 11) is -2.26. The standard InChI is InChI=1S/C11H25O2P/c1-4-7-8-9-11-14(12,6-3)13-10-5-2/h4-11H2,1-3H3. The molecule has 0 aliphatic carbocycles. The predicted octanol–water partition coefficient (Wildman–Crippen LogP) is 4.29. The van der Waals surface area contributed by atoms with E-state index < -0.39 is 7.37 Å². The van der Waals surface area contributed by atoms with Gasteiger partial charge in [0, 0.05) is 12.3 Å². The van der Waals surface area contributed by atoms with Gasteiger partial charge in [-0.3, -0.25) is 4.57 Å². The largest absolute Gasteiger partial charge is 0.328 e. The van der Waals surface area contributed by atoms with E-state index in [1.54, 1.807) is 0 Å². The lowest BCUT2D eigenvalue weighted by Crippen LogP contribution is -1.99. The Morgan fingerprint density at radius 2 is 1.71 bits per heavy atom. The molecule has 0 N–H and O–H groups in total. The van der Waals surface area contributed by atoms with Crippen LogP contribution in [0.1, 0.15) is 52.9 Å². The van der Waals surface area contributed by atoms with Crippen molar-refractivity contribution in [3.63, 3.8) is 0 Å². The first kappa shape index (κ1) is 14.2. The van der Waals surface area contributed by atoms with Crippen molar-refractivity contribution in [2.75, 3.05) is 18.9 Å². The molecule has 0 amide bonds. The summed E-state index contributed by atoms with van der Waals surface area (Å²) >= 11 is 0. The van der Waals surface area contributed by atoms with Gasteiger partial charge in [0.05, 0.1) is 6.61 Å². The SMILES string of the molecule is CCCCCCP(=O)(CC)OCCC. The van der Waals surface area contributed by atoms with Crippen molar-refractivity contribution in [1.82, 2.24) is 0 Å². The molecule has 0 fully saturated rings. The Morgan fingerprint density at radius 1 is 1.00 bits per heavy atom. The van der Waals surface area contributed by atoms with Crippen molar-refractivity contribution in [1.29, 1.82) is 0 Å². The third-order valence-electron chi connectivity index (χ3n) is 2.36. The Morgan fingerprint density at radius 3 is 2.21 bits per heavy atom. The van der Waals surface area contributed by atoms with E-state index in [-0.39, 0.29) is 0 Å². The van der Waals surface area contributed by atoms with Crippen LogP contribution < -0.4 is 0 Å². The Labute approximate surface area is 88.9 Å². The molecule has 0 rings (SSSR count). The van der Waals surface area contributed by atoms with Crippen LogP contribution in [-0.2, 0) is 9.09 Å². The summed E-state index contributed by atoms with van der Waals surface area (Å²) in [5.41, 5.74) is 0. The van der Waals surface area contributed by atoms with E-state index in [0.29, 0.717) is 12.8 Å². The van der Waals surface area contributed by atoms with E-state index in [2.05, 4.69) is 13.8 Å². The van der Waals surface area contributed by atoms with Gasteiger partial charge in [-0.15, -0.1) is 0 Å². The molecule has 0 aliphatic rings. The molecule has 86 valence electrons. The Hall–Kier alpha value is 0.190. The van der Waals surface area contributed by atoms with Crippen LogP contribution in [0.4, 0.5) is 0 Å². The maximum Gasteiger partial charge on any atom is 0.202 e. The van der Waals surface area contributed by atoms with Crippen LogP contribution >= 0.6 is 7.37 Å². The maximum absolute atomic E-state index is 12.1. The highest BCUT2D eigenvalue weighted by atomic mass is 31.2. The summed E-state index contributed by atoms with van der Waals surface area (Å²) in [5, 5.41) is 0. The van der Waals surface area contributed by atoms with E-state index in [4.69, 9.17) is 4.52 Å². The first-order chi connectivity index (χ1) is 6.68. The van der Waals surface area contributed by atoms with E-state index in [9.17, 15) is 4.57 Å². The summed E-state index contributed by atoms with van der Waals surface area (Å²) in [5.74, 6) is 0. The Kier molecular flexibility index (Phi) is 8.61. The van der Waals surface area contributed by atoms with Gasteiger partial charge in [-0.1, -0.05) is 40.0 Å².